The summed E-state index contributed by atoms with van der Waals surface area (Å²) in [4.78, 5) is 82.6. The molecule has 8 atom stereocenters. The molecule has 0 bridgehead atoms. The van der Waals surface area contributed by atoms with Gasteiger partial charge in [0.2, 0.25) is 16.7 Å². The zero-order valence-corrected chi connectivity index (χ0v) is 39.5. The molecule has 5 amide bonds. The Morgan fingerprint density at radius 2 is 1.77 bits per heavy atom. The van der Waals surface area contributed by atoms with E-state index in [1.165, 1.54) is 16.0 Å². The third kappa shape index (κ3) is 13.6. The largest absolute Gasteiger partial charge is 0.386 e. The van der Waals surface area contributed by atoms with Crippen LogP contribution in [0.15, 0.2) is 24.4 Å². The summed E-state index contributed by atoms with van der Waals surface area (Å²) in [6.07, 6.45) is 8.12. The summed E-state index contributed by atoms with van der Waals surface area (Å²) in [5.74, 6) is -0.635. The predicted molar refractivity (Wildman–Crippen MR) is 238 cm³/mol. The monoisotopic (exact) mass is 875 g/mol. The molecule has 4 aliphatic rings. The van der Waals surface area contributed by atoms with E-state index in [2.05, 4.69) is 68.2 Å². The number of amides is 5. The fourth-order valence-corrected chi connectivity index (χ4v) is 9.44. The van der Waals surface area contributed by atoms with Crippen molar-refractivity contribution in [2.75, 3.05) is 79.7 Å². The molecule has 0 radical (unpaired) electrons. The first-order valence-electron chi connectivity index (χ1n) is 23.2. The Balaban J connectivity index is 1.52. The van der Waals surface area contributed by atoms with Gasteiger partial charge in [-0.25, -0.2) is 9.63 Å². The molecule has 0 aromatic rings. The highest BCUT2D eigenvalue weighted by atomic mass is 16.8. The summed E-state index contributed by atoms with van der Waals surface area (Å²) in [5.41, 5.74) is 4.02. The summed E-state index contributed by atoms with van der Waals surface area (Å²) < 4.78 is 11.6. The van der Waals surface area contributed by atoms with Gasteiger partial charge in [0.1, 0.15) is 12.1 Å². The van der Waals surface area contributed by atoms with Gasteiger partial charge in [-0.3, -0.25) is 19.4 Å². The number of hydrazine groups is 1. The molecule has 17 heteroatoms. The molecule has 0 aliphatic carbocycles. The molecule has 0 aromatic carbocycles. The maximum atomic E-state index is 14.7. The molecule has 4 rings (SSSR count). The van der Waals surface area contributed by atoms with Crippen molar-refractivity contribution in [3.63, 3.8) is 0 Å². The van der Waals surface area contributed by atoms with E-state index in [-0.39, 0.29) is 73.7 Å². The van der Waals surface area contributed by atoms with Crippen LogP contribution in [0.3, 0.4) is 0 Å². The number of methoxy groups -OCH3 is 1. The highest BCUT2D eigenvalue weighted by Crippen LogP contribution is 2.27. The van der Waals surface area contributed by atoms with Gasteiger partial charge in [0.05, 0.1) is 36.3 Å². The number of piperidine rings is 1. The van der Waals surface area contributed by atoms with Crippen molar-refractivity contribution in [2.45, 2.75) is 137 Å². The molecule has 3 N–H and O–H groups in total. The highest BCUT2D eigenvalue weighted by molar-refractivity contribution is 5.92. The normalized spacial score (nSPS) is 24.4. The summed E-state index contributed by atoms with van der Waals surface area (Å²) >= 11 is 0. The number of hydrogen-bond donors (Lipinski definition) is 3. The SMILES string of the molecule is C=CC(=O)N1CCO[C@H]2CN(C(=O)N(C)[C@H](C(=O)N[C@@H](CN3CCC[C@@H](C(C)CN/C(=C\CC)[C@H](C)OC)C3)C(=O)N3CCC[C@@H]([N+](=O)OCC(C)(C)CCC)N3)C(C)C)C[C@H]21. The average Bonchev–Trinajstić information content (AvgIpc) is 3.70. The standard InChI is InChI=1S/C45H79N9O8/c1-12-17-35(33(7)60-11)46-25-32(6)34-18-15-21-50(26-34)27-36(43(57)53-22-16-19-39(48-53)54(59)62-30-45(8,9)20-13-2)47-42(56)41(31(4)5)49(10)44(58)51-28-37-38(29-51)61-24-23-52(37)40(55)14-3/h14,17,31-34,36-39,41,46,48H,3,12-13,15-16,18-30H2,1-2,4-11H3/p+1/b35-17-/t32?,33-,34+,36-,37+,38-,39+,41-/m0/s1. The number of hydrogen-bond acceptors (Lipinski definition) is 11. The molecule has 352 valence electrons. The van der Waals surface area contributed by atoms with Crippen LogP contribution >= 0.6 is 0 Å². The van der Waals surface area contributed by atoms with Gasteiger partial charge in [0.25, 0.3) is 5.91 Å². The number of morpholine rings is 1. The second-order valence-corrected chi connectivity index (χ2v) is 19.0. The van der Waals surface area contributed by atoms with Gasteiger partial charge in [-0.05, 0) is 69.4 Å². The fraction of sp³-hybridized carbons (Fsp3) is 0.822. The smallest absolute Gasteiger partial charge is 0.326 e. The predicted octanol–water partition coefficient (Wildman–Crippen LogP) is 3.90. The van der Waals surface area contributed by atoms with Crippen molar-refractivity contribution >= 4 is 23.8 Å². The van der Waals surface area contributed by atoms with Crippen LogP contribution in [0, 0.1) is 28.1 Å². The minimum absolute atomic E-state index is 0.0347. The van der Waals surface area contributed by atoms with Crippen molar-refractivity contribution in [1.82, 2.24) is 40.7 Å². The van der Waals surface area contributed by atoms with E-state index < -0.39 is 24.2 Å². The van der Waals surface area contributed by atoms with E-state index in [9.17, 15) is 24.1 Å². The Hall–Kier alpha value is -3.80. The summed E-state index contributed by atoms with van der Waals surface area (Å²) in [7, 11) is 3.32. The maximum absolute atomic E-state index is 14.7. The summed E-state index contributed by atoms with van der Waals surface area (Å²) in [6, 6.07) is -2.55. The van der Waals surface area contributed by atoms with Crippen LogP contribution in [0.1, 0.15) is 100 Å². The molecule has 4 fully saturated rings. The van der Waals surface area contributed by atoms with Crippen LogP contribution < -0.4 is 16.1 Å². The van der Waals surface area contributed by atoms with Crippen molar-refractivity contribution in [3.05, 3.63) is 29.3 Å². The van der Waals surface area contributed by atoms with Crippen molar-refractivity contribution < 1.29 is 38.4 Å². The molecule has 4 aliphatic heterocycles. The van der Waals surface area contributed by atoms with Crippen LogP contribution in [0.2, 0.25) is 0 Å². The molecule has 4 heterocycles. The van der Waals surface area contributed by atoms with E-state index in [1.807, 2.05) is 20.8 Å². The fourth-order valence-electron chi connectivity index (χ4n) is 9.44. The number of likely N-dealkylation sites (tertiary alicyclic amines) is 2. The lowest BCUT2D eigenvalue weighted by Gasteiger charge is -2.40. The first-order valence-corrected chi connectivity index (χ1v) is 23.2. The molecule has 1 unspecified atom stereocenters. The number of carbonyl (C=O) groups is 4. The minimum Gasteiger partial charge on any atom is -0.386 e. The van der Waals surface area contributed by atoms with E-state index in [0.29, 0.717) is 49.3 Å². The highest BCUT2D eigenvalue weighted by Gasteiger charge is 2.46. The zero-order valence-electron chi connectivity index (χ0n) is 39.5. The van der Waals surface area contributed by atoms with Crippen molar-refractivity contribution in [2.24, 2.45) is 23.2 Å². The maximum Gasteiger partial charge on any atom is 0.326 e. The first kappa shape index (κ1) is 50.8. The molecule has 17 nitrogen and oxygen atoms in total. The Bertz CT molecular complexity index is 1560. The van der Waals surface area contributed by atoms with Crippen LogP contribution in [-0.4, -0.2) is 170 Å². The average molecular weight is 875 g/mol. The van der Waals surface area contributed by atoms with Crippen LogP contribution in [0.5, 0.6) is 0 Å². The first-order chi connectivity index (χ1) is 29.4. The Morgan fingerprint density at radius 3 is 2.44 bits per heavy atom. The van der Waals surface area contributed by atoms with Gasteiger partial charge in [-0.2, -0.15) is 5.43 Å². The molecular weight excluding hydrogens is 795 g/mol. The topological polar surface area (TPSA) is 168 Å². The van der Waals surface area contributed by atoms with Crippen LogP contribution in [0.4, 0.5) is 4.79 Å². The minimum atomic E-state index is -0.974. The van der Waals surface area contributed by atoms with E-state index in [0.717, 1.165) is 57.4 Å². The lowest BCUT2D eigenvalue weighted by atomic mass is 9.86. The van der Waals surface area contributed by atoms with Crippen LogP contribution in [-0.2, 0) is 28.7 Å². The van der Waals surface area contributed by atoms with Gasteiger partial charge in [0.15, 0.2) is 6.61 Å². The van der Waals surface area contributed by atoms with Crippen LogP contribution in [0.25, 0.3) is 0 Å². The second kappa shape index (κ2) is 23.8. The third-order valence-electron chi connectivity index (χ3n) is 13.1. The lowest BCUT2D eigenvalue weighted by molar-refractivity contribution is -0.835. The molecule has 62 heavy (non-hydrogen) atoms. The number of rotatable bonds is 21. The molecule has 4 saturated heterocycles. The Labute approximate surface area is 371 Å². The number of likely N-dealkylation sites (N-methyl/N-ethyl adjacent to an activating group) is 1. The molecule has 0 saturated carbocycles. The van der Waals surface area contributed by atoms with E-state index in [1.54, 1.807) is 24.0 Å². The number of nitrogens with zero attached hydrogens (tertiary/aromatic N) is 6. The molecule has 0 spiro atoms. The number of nitrogens with one attached hydrogen (secondary N) is 3. The third-order valence-corrected chi connectivity index (χ3v) is 13.1. The van der Waals surface area contributed by atoms with Gasteiger partial charge in [0, 0.05) is 71.0 Å². The summed E-state index contributed by atoms with van der Waals surface area (Å²) in [6.45, 7) is 24.5. The second-order valence-electron chi connectivity index (χ2n) is 19.0. The number of urea groups is 1. The number of allylic oxidation sites excluding steroid dienone is 1. The Morgan fingerprint density at radius 1 is 1.05 bits per heavy atom. The van der Waals surface area contributed by atoms with Gasteiger partial charge >= 0.3 is 12.2 Å². The number of ether oxygens (including phenoxy) is 2. The quantitative estimate of drug-likeness (QED) is 0.113. The van der Waals surface area contributed by atoms with E-state index >= 15 is 0 Å². The van der Waals surface area contributed by atoms with Gasteiger partial charge < -0.3 is 39.7 Å². The van der Waals surface area contributed by atoms with Gasteiger partial charge in [-0.1, -0.05) is 67.5 Å². The Kier molecular flexibility index (Phi) is 19.5. The zero-order chi connectivity index (χ0) is 45.7. The van der Waals surface area contributed by atoms with Gasteiger partial charge in [-0.15, -0.1) is 0 Å². The summed E-state index contributed by atoms with van der Waals surface area (Å²) in [5, 5.41) is 8.18. The van der Waals surface area contributed by atoms with Crippen molar-refractivity contribution in [3.8, 4) is 0 Å². The lowest BCUT2D eigenvalue weighted by Crippen LogP contribution is -2.64. The molecular formula is C45H80N9O8+. The van der Waals surface area contributed by atoms with E-state index in [4.69, 9.17) is 14.3 Å². The number of carbonyl (C=O) groups excluding carboxylic acids is 4. The molecule has 0 aromatic heterocycles. The van der Waals surface area contributed by atoms with Crippen molar-refractivity contribution in [1.29, 1.82) is 0 Å². The number of fused-ring (bicyclic) bond motifs is 1.